The third-order valence-electron chi connectivity index (χ3n) is 5.14. The van der Waals surface area contributed by atoms with E-state index in [0.29, 0.717) is 30.2 Å². The van der Waals surface area contributed by atoms with E-state index < -0.39 is 10.0 Å². The van der Waals surface area contributed by atoms with Gasteiger partial charge < -0.3 is 9.88 Å². The number of sulfonamides is 1. The van der Waals surface area contributed by atoms with Gasteiger partial charge in [-0.1, -0.05) is 13.8 Å². The van der Waals surface area contributed by atoms with Gasteiger partial charge in [0.1, 0.15) is 5.82 Å². The molecule has 0 bridgehead atoms. The molecule has 30 heavy (non-hydrogen) atoms. The van der Waals surface area contributed by atoms with Crippen molar-refractivity contribution in [1.82, 2.24) is 18.8 Å². The summed E-state index contributed by atoms with van der Waals surface area (Å²) in [6.07, 6.45) is 0.706. The van der Waals surface area contributed by atoms with Gasteiger partial charge in [0.2, 0.25) is 15.9 Å². The molecule has 0 saturated heterocycles. The number of aromatic nitrogens is 3. The first-order valence-electron chi connectivity index (χ1n) is 9.86. The Balaban J connectivity index is 1.77. The lowest BCUT2D eigenvalue weighted by atomic mass is 10.3. The lowest BCUT2D eigenvalue weighted by molar-refractivity contribution is -0.116. The molecule has 0 saturated carbocycles. The van der Waals surface area contributed by atoms with Gasteiger partial charge >= 0.3 is 0 Å². The molecule has 162 valence electrons. The molecule has 2 heterocycles. The van der Waals surface area contributed by atoms with Crippen LogP contribution in [0.15, 0.2) is 23.1 Å². The van der Waals surface area contributed by atoms with Crippen molar-refractivity contribution >= 4 is 43.4 Å². The van der Waals surface area contributed by atoms with Gasteiger partial charge in [-0.3, -0.25) is 4.79 Å². The van der Waals surface area contributed by atoms with E-state index in [9.17, 15) is 13.2 Å². The van der Waals surface area contributed by atoms with Gasteiger partial charge in [0.25, 0.3) is 0 Å². The van der Waals surface area contributed by atoms with E-state index in [1.807, 2.05) is 39.3 Å². The molecular formula is C20H27N5O3S2. The fraction of sp³-hybridized carbons (Fsp3) is 0.450. The quantitative estimate of drug-likeness (QED) is 0.569. The fourth-order valence-corrected chi connectivity index (χ4v) is 5.57. The Morgan fingerprint density at radius 2 is 1.90 bits per heavy atom. The van der Waals surface area contributed by atoms with Crippen molar-refractivity contribution in [1.29, 1.82) is 0 Å². The van der Waals surface area contributed by atoms with Crippen molar-refractivity contribution in [3.05, 3.63) is 34.6 Å². The minimum Gasteiger partial charge on any atom is -0.331 e. The summed E-state index contributed by atoms with van der Waals surface area (Å²) in [6.45, 7) is 8.34. The second kappa shape index (κ2) is 8.83. The maximum atomic E-state index is 12.8. The average Bonchev–Trinajstić information content (AvgIpc) is 3.18. The van der Waals surface area contributed by atoms with Crippen molar-refractivity contribution in [3.8, 4) is 0 Å². The molecule has 8 nitrogen and oxygen atoms in total. The zero-order valence-electron chi connectivity index (χ0n) is 17.9. The van der Waals surface area contributed by atoms with E-state index in [1.165, 1.54) is 15.6 Å². The first kappa shape index (κ1) is 22.4. The molecule has 1 amide bonds. The van der Waals surface area contributed by atoms with E-state index in [1.54, 1.807) is 18.2 Å². The number of imidazole rings is 1. The normalized spacial score (nSPS) is 12.1. The van der Waals surface area contributed by atoms with E-state index in [0.717, 1.165) is 21.9 Å². The SMILES string of the molecule is CCN(CC)S(=O)(=O)c1ccc2c(c1)nc(CCC(=O)Nc1nc(C)c(C)s1)n2C. The Labute approximate surface area is 181 Å². The number of carbonyl (C=O) groups excluding carboxylic acids is 1. The Morgan fingerprint density at radius 3 is 2.50 bits per heavy atom. The number of nitrogens with one attached hydrogen (secondary N) is 1. The highest BCUT2D eigenvalue weighted by molar-refractivity contribution is 7.89. The minimum absolute atomic E-state index is 0.124. The minimum atomic E-state index is -3.54. The molecule has 10 heteroatoms. The van der Waals surface area contributed by atoms with E-state index >= 15 is 0 Å². The zero-order valence-corrected chi connectivity index (χ0v) is 19.5. The van der Waals surface area contributed by atoms with Gasteiger partial charge in [0.05, 0.1) is 21.6 Å². The molecule has 0 aliphatic rings. The summed E-state index contributed by atoms with van der Waals surface area (Å²) >= 11 is 1.46. The van der Waals surface area contributed by atoms with Crippen LogP contribution >= 0.6 is 11.3 Å². The zero-order chi connectivity index (χ0) is 22.1. The molecule has 0 aliphatic heterocycles. The molecule has 0 unspecified atom stereocenters. The van der Waals surface area contributed by atoms with Gasteiger partial charge in [-0.2, -0.15) is 4.31 Å². The summed E-state index contributed by atoms with van der Waals surface area (Å²) in [4.78, 5) is 22.5. The highest BCUT2D eigenvalue weighted by atomic mass is 32.2. The molecule has 3 rings (SSSR count). The highest BCUT2D eigenvalue weighted by Crippen LogP contribution is 2.24. The number of hydrogen-bond acceptors (Lipinski definition) is 6. The average molecular weight is 450 g/mol. The molecule has 0 atom stereocenters. The second-order valence-electron chi connectivity index (χ2n) is 7.04. The lowest BCUT2D eigenvalue weighted by Gasteiger charge is -2.18. The molecule has 1 aromatic carbocycles. The second-order valence-corrected chi connectivity index (χ2v) is 10.2. The largest absolute Gasteiger partial charge is 0.331 e. The number of hydrogen-bond donors (Lipinski definition) is 1. The Bertz CT molecular complexity index is 1160. The summed E-state index contributed by atoms with van der Waals surface area (Å²) in [5, 5.41) is 3.43. The van der Waals surface area contributed by atoms with E-state index in [4.69, 9.17) is 0 Å². The molecule has 1 N–H and O–H groups in total. The van der Waals surface area contributed by atoms with Crippen LogP contribution in [-0.2, 0) is 28.3 Å². The fourth-order valence-electron chi connectivity index (χ4n) is 3.26. The number of amides is 1. The molecular weight excluding hydrogens is 422 g/mol. The highest BCUT2D eigenvalue weighted by Gasteiger charge is 2.22. The van der Waals surface area contributed by atoms with Crippen LogP contribution in [0.4, 0.5) is 5.13 Å². The van der Waals surface area contributed by atoms with Gasteiger partial charge in [0, 0.05) is 37.9 Å². The summed E-state index contributed by atoms with van der Waals surface area (Å²) in [7, 11) is -1.67. The monoisotopic (exact) mass is 449 g/mol. The number of benzene rings is 1. The number of rotatable bonds is 8. The van der Waals surface area contributed by atoms with Crippen LogP contribution < -0.4 is 5.32 Å². The molecule has 0 fully saturated rings. The van der Waals surface area contributed by atoms with Crippen molar-refractivity contribution in [2.45, 2.75) is 45.4 Å². The van der Waals surface area contributed by atoms with Crippen LogP contribution in [0.5, 0.6) is 0 Å². The maximum absolute atomic E-state index is 12.8. The van der Waals surface area contributed by atoms with Gasteiger partial charge in [-0.15, -0.1) is 11.3 Å². The van der Waals surface area contributed by atoms with Crippen LogP contribution in [-0.4, -0.2) is 46.3 Å². The van der Waals surface area contributed by atoms with Crippen molar-refractivity contribution in [2.24, 2.45) is 7.05 Å². The van der Waals surface area contributed by atoms with Crippen LogP contribution in [0, 0.1) is 13.8 Å². The first-order valence-corrected chi connectivity index (χ1v) is 12.1. The van der Waals surface area contributed by atoms with E-state index in [2.05, 4.69) is 15.3 Å². The summed E-state index contributed by atoms with van der Waals surface area (Å²) in [5.41, 5.74) is 2.35. The summed E-state index contributed by atoms with van der Waals surface area (Å²) in [5.74, 6) is 0.602. The molecule has 2 aromatic heterocycles. The Morgan fingerprint density at radius 1 is 1.20 bits per heavy atom. The van der Waals surface area contributed by atoms with Gasteiger partial charge in [0.15, 0.2) is 5.13 Å². The smallest absolute Gasteiger partial charge is 0.243 e. The summed E-state index contributed by atoms with van der Waals surface area (Å²) in [6, 6.07) is 4.98. The number of fused-ring (bicyclic) bond motifs is 1. The standard InChI is InChI=1S/C20H27N5O3S2/c1-6-25(7-2)30(27,28)15-8-9-17-16(12-15)22-18(24(17)5)10-11-19(26)23-20-21-13(3)14(4)29-20/h8-9,12H,6-7,10-11H2,1-5H3,(H,21,23,26). The third-order valence-corrected chi connectivity index (χ3v) is 8.17. The Hall–Kier alpha value is -2.30. The predicted octanol–water partition coefficient (Wildman–Crippen LogP) is 3.25. The molecule has 0 radical (unpaired) electrons. The van der Waals surface area contributed by atoms with Crippen LogP contribution in [0.25, 0.3) is 11.0 Å². The van der Waals surface area contributed by atoms with E-state index in [-0.39, 0.29) is 17.2 Å². The number of carbonyl (C=O) groups is 1. The van der Waals surface area contributed by atoms with Crippen molar-refractivity contribution in [2.75, 3.05) is 18.4 Å². The topological polar surface area (TPSA) is 97.2 Å². The van der Waals surface area contributed by atoms with Gasteiger partial charge in [-0.05, 0) is 32.0 Å². The number of nitrogens with zero attached hydrogens (tertiary/aromatic N) is 4. The maximum Gasteiger partial charge on any atom is 0.243 e. The van der Waals surface area contributed by atoms with Crippen LogP contribution in [0.1, 0.15) is 36.7 Å². The van der Waals surface area contributed by atoms with Crippen LogP contribution in [0.2, 0.25) is 0 Å². The summed E-state index contributed by atoms with van der Waals surface area (Å²) < 4.78 is 28.9. The molecule has 0 aliphatic carbocycles. The van der Waals surface area contributed by atoms with Crippen molar-refractivity contribution in [3.63, 3.8) is 0 Å². The predicted molar refractivity (Wildman–Crippen MR) is 119 cm³/mol. The number of anilines is 1. The number of aryl methyl sites for hydroxylation is 4. The Kier molecular flexibility index (Phi) is 6.59. The molecule has 3 aromatic rings. The first-order chi connectivity index (χ1) is 14.2. The van der Waals surface area contributed by atoms with Crippen molar-refractivity contribution < 1.29 is 13.2 Å². The lowest BCUT2D eigenvalue weighted by Crippen LogP contribution is -2.30. The number of thiazole rings is 1. The van der Waals surface area contributed by atoms with Crippen LogP contribution in [0.3, 0.4) is 0 Å². The third kappa shape index (κ3) is 4.40. The molecule has 0 spiro atoms. The van der Waals surface area contributed by atoms with Gasteiger partial charge in [-0.25, -0.2) is 18.4 Å².